The van der Waals surface area contributed by atoms with E-state index in [1.807, 2.05) is 0 Å². The summed E-state index contributed by atoms with van der Waals surface area (Å²) >= 11 is 0. The van der Waals surface area contributed by atoms with Crippen molar-refractivity contribution in [2.45, 2.75) is 116 Å². The zero-order chi connectivity index (χ0) is 54.4. The molecule has 4 amide bonds. The number of hydrogen-bond donors (Lipinski definition) is 5. The first-order valence-electron chi connectivity index (χ1n) is 24.6. The quantitative estimate of drug-likeness (QED) is 0.0539. The number of benzene rings is 2. The highest BCUT2D eigenvalue weighted by molar-refractivity contribution is 5.87. The van der Waals surface area contributed by atoms with Gasteiger partial charge in [-0.15, -0.1) is 0 Å². The number of nitrogens with one attached hydrogen (secondary N) is 4. The number of carbonyl (C=O) groups is 4. The Morgan fingerprint density at radius 3 is 1.88 bits per heavy atom. The van der Waals surface area contributed by atoms with E-state index in [4.69, 9.17) is 14.2 Å². The Balaban J connectivity index is 1.13. The van der Waals surface area contributed by atoms with Crippen molar-refractivity contribution in [2.24, 2.45) is 10.8 Å². The Kier molecular flexibility index (Phi) is 17.7. The second kappa shape index (κ2) is 23.8. The minimum Gasteiger partial charge on any atom is -0.453 e. The topological polar surface area (TPSA) is 218 Å². The van der Waals surface area contributed by atoms with Gasteiger partial charge in [0, 0.05) is 73.5 Å². The third-order valence-electron chi connectivity index (χ3n) is 13.5. The van der Waals surface area contributed by atoms with Gasteiger partial charge in [0.05, 0.1) is 56.9 Å². The summed E-state index contributed by atoms with van der Waals surface area (Å²) in [5.41, 5.74) is 1.72. The maximum absolute atomic E-state index is 16.0. The normalized spacial score (nSPS) is 18.5. The average molecular weight is 1050 g/mol. The maximum Gasteiger partial charge on any atom is 0.407 e. The lowest BCUT2D eigenvalue weighted by molar-refractivity contribution is -0.132. The van der Waals surface area contributed by atoms with Crippen LogP contribution in [0, 0.1) is 34.3 Å². The number of anilines is 1. The minimum atomic E-state index is -3.00. The molecule has 7 rings (SSSR count). The second-order valence-corrected chi connectivity index (χ2v) is 21.1. The van der Waals surface area contributed by atoms with Crippen molar-refractivity contribution in [2.75, 3.05) is 52.0 Å². The van der Waals surface area contributed by atoms with E-state index in [9.17, 15) is 33.1 Å². The number of piperazine rings is 1. The molecule has 404 valence electrons. The van der Waals surface area contributed by atoms with Crippen molar-refractivity contribution in [1.29, 1.82) is 0 Å². The maximum atomic E-state index is 16.0. The van der Waals surface area contributed by atoms with Crippen LogP contribution in [0.25, 0.3) is 11.3 Å². The lowest BCUT2D eigenvalue weighted by Gasteiger charge is -2.47. The molecule has 2 aromatic heterocycles. The molecule has 3 aliphatic heterocycles. The standard InChI is InChI=1S/C52H65F4N11O8/c1-51(2,3)43(60-49(71)73-7)45(69)59-41(19-31-12-9-30(10-13-31)11-14-32-22-57-48(58-23-32)64-24-34-15-16-35(25-64)67(34)36-28-75-29-36)42(68)27-65(63-46(70)44(52(4,5)6)61-50(72)74-8)26-37-38(53)20-33(21-39(37)54)40-17-18-66(62-40)47(55)56/h9-10,12-13,17-18,20-23,34-36,41-44,47,68H,15-16,19,24-29H2,1-8H3,(H,59,69)(H,60,71)(H,61,72)(H,63,70)/t34?,35?,41-,42-,43+,44+/m0/s1. The summed E-state index contributed by atoms with van der Waals surface area (Å²) < 4.78 is 74.0. The van der Waals surface area contributed by atoms with Gasteiger partial charge in [0.1, 0.15) is 23.7 Å². The highest BCUT2D eigenvalue weighted by Crippen LogP contribution is 2.35. The van der Waals surface area contributed by atoms with Gasteiger partial charge >= 0.3 is 18.7 Å². The fourth-order valence-electron chi connectivity index (χ4n) is 9.43. The number of aliphatic hydroxyl groups excluding tert-OH is 1. The van der Waals surface area contributed by atoms with Crippen molar-refractivity contribution < 1.29 is 56.1 Å². The van der Waals surface area contributed by atoms with Crippen LogP contribution in [0.2, 0.25) is 0 Å². The molecule has 6 atom stereocenters. The van der Waals surface area contributed by atoms with E-state index >= 15 is 8.78 Å². The smallest absolute Gasteiger partial charge is 0.407 e. The molecule has 4 aromatic rings. The lowest BCUT2D eigenvalue weighted by Crippen LogP contribution is -2.62. The molecule has 3 fully saturated rings. The molecular formula is C52H65F4N11O8. The number of rotatable bonds is 17. The number of aliphatic hydroxyl groups is 1. The molecular weight excluding hydrogens is 983 g/mol. The van der Waals surface area contributed by atoms with E-state index in [1.54, 1.807) is 78.2 Å². The number of alkyl carbamates (subject to hydrolysis) is 2. The number of ether oxygens (including phenoxy) is 3. The van der Waals surface area contributed by atoms with Gasteiger partial charge in [0.2, 0.25) is 11.9 Å². The average Bonchev–Trinajstić information content (AvgIpc) is 3.93. The molecule has 3 saturated heterocycles. The molecule has 0 spiro atoms. The molecule has 0 radical (unpaired) electrons. The molecule has 75 heavy (non-hydrogen) atoms. The molecule has 3 aliphatic rings. The molecule has 5 heterocycles. The summed E-state index contributed by atoms with van der Waals surface area (Å²) in [5, 5.41) is 24.7. The van der Waals surface area contributed by atoms with Gasteiger partial charge in [-0.2, -0.15) is 13.9 Å². The van der Waals surface area contributed by atoms with Crippen molar-refractivity contribution >= 4 is 29.9 Å². The number of methoxy groups -OCH3 is 2. The lowest BCUT2D eigenvalue weighted by atomic mass is 9.85. The van der Waals surface area contributed by atoms with Gasteiger partial charge in [-0.25, -0.2) is 38.0 Å². The monoisotopic (exact) mass is 1050 g/mol. The highest BCUT2D eigenvalue weighted by Gasteiger charge is 2.46. The summed E-state index contributed by atoms with van der Waals surface area (Å²) in [4.78, 5) is 67.2. The van der Waals surface area contributed by atoms with Crippen LogP contribution in [0.4, 0.5) is 33.1 Å². The predicted octanol–water partition coefficient (Wildman–Crippen LogP) is 4.93. The Morgan fingerprint density at radius 2 is 1.37 bits per heavy atom. The SMILES string of the molecule is COC(=O)N[C@H](C(=O)N[C@@H](Cc1ccc(C#Cc2cnc(N3CC4CCC(C3)N4C3COC3)nc2)cc1)[C@@H](O)CN(Cc1c(F)cc(-c2ccn(C(F)F)n2)cc1F)NC(=O)[C@@H](NC(=O)OC)C(C)(C)C)C(C)(C)C. The Labute approximate surface area is 433 Å². The predicted molar refractivity (Wildman–Crippen MR) is 267 cm³/mol. The summed E-state index contributed by atoms with van der Waals surface area (Å²) in [6, 6.07) is 7.66. The number of carbonyl (C=O) groups excluding carboxylic acids is 4. The van der Waals surface area contributed by atoms with Gasteiger partial charge in [-0.1, -0.05) is 65.5 Å². The van der Waals surface area contributed by atoms with E-state index in [-0.39, 0.29) is 17.7 Å². The van der Waals surface area contributed by atoms with Crippen molar-refractivity contribution in [3.8, 4) is 23.1 Å². The van der Waals surface area contributed by atoms with Crippen LogP contribution in [0.15, 0.2) is 61.1 Å². The number of amides is 4. The van der Waals surface area contributed by atoms with E-state index < -0.39 is 95.9 Å². The van der Waals surface area contributed by atoms with Gasteiger partial charge in [-0.05, 0) is 66.0 Å². The molecule has 2 unspecified atom stereocenters. The number of nitrogens with zero attached hydrogens (tertiary/aromatic N) is 7. The van der Waals surface area contributed by atoms with Crippen LogP contribution >= 0.6 is 0 Å². The van der Waals surface area contributed by atoms with Gasteiger partial charge < -0.3 is 40.2 Å². The zero-order valence-corrected chi connectivity index (χ0v) is 43.2. The van der Waals surface area contributed by atoms with Gasteiger partial charge in [0.15, 0.2) is 0 Å². The van der Waals surface area contributed by atoms with Crippen LogP contribution in [-0.4, -0.2) is 148 Å². The summed E-state index contributed by atoms with van der Waals surface area (Å²) in [6.07, 6.45) is 3.14. The molecule has 0 saturated carbocycles. The van der Waals surface area contributed by atoms with Crippen LogP contribution in [-0.2, 0) is 36.8 Å². The number of hydrogen-bond acceptors (Lipinski definition) is 14. The Morgan fingerprint density at radius 1 is 0.813 bits per heavy atom. The first-order valence-corrected chi connectivity index (χ1v) is 24.6. The van der Waals surface area contributed by atoms with E-state index in [2.05, 4.69) is 58.1 Å². The largest absolute Gasteiger partial charge is 0.453 e. The highest BCUT2D eigenvalue weighted by atomic mass is 19.3. The van der Waals surface area contributed by atoms with Crippen LogP contribution in [0.5, 0.6) is 0 Å². The van der Waals surface area contributed by atoms with E-state index in [1.165, 1.54) is 0 Å². The second-order valence-electron chi connectivity index (χ2n) is 21.1. The molecule has 23 heteroatoms. The molecule has 0 aliphatic carbocycles. The number of aromatic nitrogens is 4. The first kappa shape index (κ1) is 55.9. The van der Waals surface area contributed by atoms with Crippen molar-refractivity contribution in [1.82, 2.24) is 51.0 Å². The third kappa shape index (κ3) is 14.1. The molecule has 2 bridgehead atoms. The van der Waals surface area contributed by atoms with Crippen LogP contribution in [0.1, 0.15) is 83.2 Å². The Bertz CT molecular complexity index is 2680. The fourth-order valence-corrected chi connectivity index (χ4v) is 9.43. The molecule has 19 nitrogen and oxygen atoms in total. The molecule has 2 aromatic carbocycles. The number of halogens is 4. The summed E-state index contributed by atoms with van der Waals surface area (Å²) in [6.45, 7) is 9.06. The van der Waals surface area contributed by atoms with Crippen molar-refractivity contribution in [3.63, 3.8) is 0 Å². The van der Waals surface area contributed by atoms with E-state index in [0.29, 0.717) is 45.4 Å². The number of alkyl halides is 2. The minimum absolute atomic E-state index is 0.0472. The van der Waals surface area contributed by atoms with Crippen LogP contribution < -0.4 is 26.3 Å². The fraction of sp³-hybridized carbons (Fsp3) is 0.519. The summed E-state index contributed by atoms with van der Waals surface area (Å²) in [7, 11) is 2.25. The van der Waals surface area contributed by atoms with Gasteiger partial charge in [0.25, 0.3) is 5.91 Å². The Hall–Kier alpha value is -6.87. The van der Waals surface area contributed by atoms with Crippen LogP contribution in [0.3, 0.4) is 0 Å². The number of fused-ring (bicyclic) bond motifs is 2. The van der Waals surface area contributed by atoms with Gasteiger partial charge in [-0.3, -0.25) is 19.9 Å². The number of hydrazine groups is 1. The van der Waals surface area contributed by atoms with Crippen molar-refractivity contribution in [3.05, 3.63) is 94.9 Å². The van der Waals surface area contributed by atoms with E-state index in [0.717, 1.165) is 82.8 Å². The first-order chi connectivity index (χ1) is 35.5. The third-order valence-corrected chi connectivity index (χ3v) is 13.5. The molecule has 5 N–H and O–H groups in total. The zero-order valence-electron chi connectivity index (χ0n) is 43.2. The summed E-state index contributed by atoms with van der Waals surface area (Å²) in [5.74, 6) is 3.05.